The van der Waals surface area contributed by atoms with Crippen molar-refractivity contribution in [3.05, 3.63) is 29.3 Å². The summed E-state index contributed by atoms with van der Waals surface area (Å²) in [5, 5.41) is 10.3. The van der Waals surface area contributed by atoms with Crippen molar-refractivity contribution in [1.82, 2.24) is 0 Å². The van der Waals surface area contributed by atoms with Crippen LogP contribution < -0.4 is 5.32 Å². The molecule has 1 N–H and O–H groups in total. The molecule has 0 atom stereocenters. The fourth-order valence-electron chi connectivity index (χ4n) is 1.26. The minimum atomic E-state index is -5.10. The molecule has 0 unspecified atom stereocenters. The summed E-state index contributed by atoms with van der Waals surface area (Å²) in [5.74, 6) is -3.26. The molecular formula is C11H7F3N2O3. The van der Waals surface area contributed by atoms with Crippen LogP contribution in [0.4, 0.5) is 18.9 Å². The average Bonchev–Trinajstić information content (AvgIpc) is 2.36. The normalized spacial score (nSPS) is 10.5. The summed E-state index contributed by atoms with van der Waals surface area (Å²) >= 11 is 0. The molecule has 1 aromatic carbocycles. The van der Waals surface area contributed by atoms with E-state index in [4.69, 9.17) is 5.26 Å². The first-order valence-electron chi connectivity index (χ1n) is 4.81. The van der Waals surface area contributed by atoms with Gasteiger partial charge in [-0.15, -0.1) is 0 Å². The number of nitriles is 1. The molecule has 0 heterocycles. The first-order valence-corrected chi connectivity index (χ1v) is 4.81. The summed E-state index contributed by atoms with van der Waals surface area (Å²) < 4.78 is 40.8. The van der Waals surface area contributed by atoms with Crippen LogP contribution in [0.5, 0.6) is 0 Å². The lowest BCUT2D eigenvalue weighted by atomic mass is 10.1. The van der Waals surface area contributed by atoms with Crippen LogP contribution in [0.2, 0.25) is 0 Å². The van der Waals surface area contributed by atoms with Gasteiger partial charge in [-0.1, -0.05) is 6.07 Å². The molecule has 0 bridgehead atoms. The molecule has 19 heavy (non-hydrogen) atoms. The van der Waals surface area contributed by atoms with Gasteiger partial charge in [0.1, 0.15) is 11.6 Å². The molecule has 0 saturated heterocycles. The zero-order chi connectivity index (χ0) is 14.6. The highest BCUT2D eigenvalue weighted by Gasteiger charge is 2.39. The number of alkyl halides is 3. The zero-order valence-electron chi connectivity index (χ0n) is 9.54. The first kappa shape index (κ1) is 14.5. The Balaban J connectivity index is 3.26. The SMILES string of the molecule is COC(=O)c1c(C#N)cccc1NC(=O)C(F)(F)F. The van der Waals surface area contributed by atoms with Crippen molar-refractivity contribution in [3.8, 4) is 6.07 Å². The number of halogens is 3. The van der Waals surface area contributed by atoms with Gasteiger partial charge < -0.3 is 10.1 Å². The molecule has 0 radical (unpaired) electrons. The molecule has 0 aliphatic heterocycles. The average molecular weight is 272 g/mol. The monoisotopic (exact) mass is 272 g/mol. The molecule has 0 saturated carbocycles. The number of hydrogen-bond acceptors (Lipinski definition) is 4. The number of nitrogens with one attached hydrogen (secondary N) is 1. The predicted molar refractivity (Wildman–Crippen MR) is 57.2 cm³/mol. The lowest BCUT2D eigenvalue weighted by molar-refractivity contribution is -0.167. The van der Waals surface area contributed by atoms with Crippen LogP contribution >= 0.6 is 0 Å². The van der Waals surface area contributed by atoms with E-state index in [0.717, 1.165) is 13.2 Å². The van der Waals surface area contributed by atoms with E-state index >= 15 is 0 Å². The van der Waals surface area contributed by atoms with Crippen molar-refractivity contribution in [3.63, 3.8) is 0 Å². The Hall–Kier alpha value is -2.56. The summed E-state index contributed by atoms with van der Waals surface area (Å²) in [4.78, 5) is 22.3. The summed E-state index contributed by atoms with van der Waals surface area (Å²) in [5.41, 5.74) is -1.06. The molecule has 1 aromatic rings. The van der Waals surface area contributed by atoms with E-state index in [0.29, 0.717) is 0 Å². The van der Waals surface area contributed by atoms with Gasteiger partial charge in [0.15, 0.2) is 0 Å². The van der Waals surface area contributed by atoms with Crippen LogP contribution in [0.25, 0.3) is 0 Å². The number of esters is 1. The van der Waals surface area contributed by atoms with Crippen molar-refractivity contribution in [1.29, 1.82) is 5.26 Å². The standard InChI is InChI=1S/C11H7F3N2O3/c1-19-9(17)8-6(5-15)3-2-4-7(8)16-10(18)11(12,13)14/h2-4H,1H3,(H,16,18). The van der Waals surface area contributed by atoms with Crippen LogP contribution in [0.15, 0.2) is 18.2 Å². The fourth-order valence-corrected chi connectivity index (χ4v) is 1.26. The minimum Gasteiger partial charge on any atom is -0.465 e. The van der Waals surface area contributed by atoms with Crippen molar-refractivity contribution in [2.24, 2.45) is 0 Å². The minimum absolute atomic E-state index is 0.202. The highest BCUT2D eigenvalue weighted by molar-refractivity contribution is 6.04. The van der Waals surface area contributed by atoms with Crippen molar-refractivity contribution < 1.29 is 27.5 Å². The fraction of sp³-hybridized carbons (Fsp3) is 0.182. The van der Waals surface area contributed by atoms with Gasteiger partial charge in [0.25, 0.3) is 0 Å². The molecule has 0 aliphatic carbocycles. The number of benzene rings is 1. The van der Waals surface area contributed by atoms with Gasteiger partial charge in [0, 0.05) is 0 Å². The Labute approximate surface area is 105 Å². The van der Waals surface area contributed by atoms with E-state index in [9.17, 15) is 22.8 Å². The Morgan fingerprint density at radius 2 is 2.00 bits per heavy atom. The maximum atomic E-state index is 12.1. The van der Waals surface area contributed by atoms with Crippen molar-refractivity contribution >= 4 is 17.6 Å². The van der Waals surface area contributed by atoms with Gasteiger partial charge >= 0.3 is 18.1 Å². The molecule has 5 nitrogen and oxygen atoms in total. The molecule has 0 fully saturated rings. The topological polar surface area (TPSA) is 79.2 Å². The third-order valence-corrected chi connectivity index (χ3v) is 2.08. The molecular weight excluding hydrogens is 265 g/mol. The molecule has 100 valence electrons. The molecule has 8 heteroatoms. The second kappa shape index (κ2) is 5.39. The number of anilines is 1. The smallest absolute Gasteiger partial charge is 0.465 e. The quantitative estimate of drug-likeness (QED) is 0.833. The van der Waals surface area contributed by atoms with Gasteiger partial charge in [-0.05, 0) is 12.1 Å². The first-order chi connectivity index (χ1) is 8.81. The second-order valence-electron chi connectivity index (χ2n) is 3.28. The van der Waals surface area contributed by atoms with Gasteiger partial charge in [-0.3, -0.25) is 4.79 Å². The van der Waals surface area contributed by atoms with Crippen LogP contribution in [-0.4, -0.2) is 25.2 Å². The van der Waals surface area contributed by atoms with Crippen LogP contribution in [0.3, 0.4) is 0 Å². The Morgan fingerprint density at radius 3 is 2.47 bits per heavy atom. The Bertz CT molecular complexity index is 561. The number of carbonyl (C=O) groups is 2. The van der Waals surface area contributed by atoms with E-state index in [1.807, 2.05) is 0 Å². The number of carbonyl (C=O) groups excluding carboxylic acids is 2. The second-order valence-corrected chi connectivity index (χ2v) is 3.28. The van der Waals surface area contributed by atoms with Gasteiger partial charge in [0.2, 0.25) is 0 Å². The molecule has 1 amide bonds. The Kier molecular flexibility index (Phi) is 4.11. The maximum absolute atomic E-state index is 12.1. The number of rotatable bonds is 2. The third kappa shape index (κ3) is 3.22. The molecule has 0 aliphatic rings. The molecule has 0 aromatic heterocycles. The van der Waals surface area contributed by atoms with Crippen LogP contribution in [0.1, 0.15) is 15.9 Å². The Morgan fingerprint density at radius 1 is 1.37 bits per heavy atom. The van der Waals surface area contributed by atoms with E-state index in [2.05, 4.69) is 4.74 Å². The largest absolute Gasteiger partial charge is 0.471 e. The van der Waals surface area contributed by atoms with E-state index in [-0.39, 0.29) is 5.56 Å². The summed E-state index contributed by atoms with van der Waals surface area (Å²) in [6.07, 6.45) is -5.10. The van der Waals surface area contributed by atoms with Gasteiger partial charge in [0.05, 0.1) is 18.4 Å². The van der Waals surface area contributed by atoms with Crippen LogP contribution in [-0.2, 0) is 9.53 Å². The van der Waals surface area contributed by atoms with Crippen LogP contribution in [0, 0.1) is 11.3 Å². The number of amides is 1. The highest BCUT2D eigenvalue weighted by Crippen LogP contribution is 2.24. The number of nitrogens with zero attached hydrogens (tertiary/aromatic N) is 1. The summed E-state index contributed by atoms with van der Waals surface area (Å²) in [6.45, 7) is 0. The van der Waals surface area contributed by atoms with E-state index in [1.54, 1.807) is 6.07 Å². The lowest BCUT2D eigenvalue weighted by Crippen LogP contribution is -2.30. The van der Waals surface area contributed by atoms with E-state index < -0.39 is 29.3 Å². The lowest BCUT2D eigenvalue weighted by Gasteiger charge is -2.12. The third-order valence-electron chi connectivity index (χ3n) is 2.08. The number of methoxy groups -OCH3 is 1. The van der Waals surface area contributed by atoms with Gasteiger partial charge in [-0.2, -0.15) is 18.4 Å². The predicted octanol–water partition coefficient (Wildman–Crippen LogP) is 1.85. The number of ether oxygens (including phenoxy) is 1. The van der Waals surface area contributed by atoms with Gasteiger partial charge in [-0.25, -0.2) is 4.79 Å². The summed E-state index contributed by atoms with van der Waals surface area (Å²) in [7, 11) is 1.01. The van der Waals surface area contributed by atoms with E-state index in [1.165, 1.54) is 17.4 Å². The maximum Gasteiger partial charge on any atom is 0.471 e. The molecule has 0 spiro atoms. The highest BCUT2D eigenvalue weighted by atomic mass is 19.4. The van der Waals surface area contributed by atoms with Crippen molar-refractivity contribution in [2.45, 2.75) is 6.18 Å². The summed E-state index contributed by atoms with van der Waals surface area (Å²) in [6, 6.07) is 5.15. The van der Waals surface area contributed by atoms with Crippen molar-refractivity contribution in [2.75, 3.05) is 12.4 Å². The number of hydrogen-bond donors (Lipinski definition) is 1. The zero-order valence-corrected chi connectivity index (χ0v) is 9.54. The molecule has 1 rings (SSSR count).